The van der Waals surface area contributed by atoms with Crippen molar-refractivity contribution >= 4 is 34.2 Å². The standard InChI is InChI=1S/C14H16ClIN2O2/c1-19-7-6-17-5-4-14-18-9-13(20-14)10-2-3-12(16)11(15)8-10/h2-3,8-9,17H,4-7H2,1H3. The van der Waals surface area contributed by atoms with Gasteiger partial charge in [-0.25, -0.2) is 4.98 Å². The van der Waals surface area contributed by atoms with Gasteiger partial charge in [0, 0.05) is 35.8 Å². The molecule has 6 heteroatoms. The number of oxazole rings is 1. The van der Waals surface area contributed by atoms with Crippen molar-refractivity contribution in [1.29, 1.82) is 0 Å². The van der Waals surface area contributed by atoms with Crippen LogP contribution in [0.15, 0.2) is 28.8 Å². The first-order valence-electron chi connectivity index (χ1n) is 6.30. The molecule has 20 heavy (non-hydrogen) atoms. The Balaban J connectivity index is 1.93. The zero-order valence-electron chi connectivity index (χ0n) is 11.2. The van der Waals surface area contributed by atoms with Crippen molar-refractivity contribution in [3.8, 4) is 11.3 Å². The molecule has 1 heterocycles. The van der Waals surface area contributed by atoms with Crippen molar-refractivity contribution in [3.05, 3.63) is 38.9 Å². The Kier molecular flexibility index (Phi) is 6.28. The van der Waals surface area contributed by atoms with Gasteiger partial charge in [0.2, 0.25) is 0 Å². The van der Waals surface area contributed by atoms with E-state index in [1.54, 1.807) is 13.3 Å². The van der Waals surface area contributed by atoms with Gasteiger partial charge in [0.15, 0.2) is 11.7 Å². The SMILES string of the molecule is COCCNCCc1ncc(-c2ccc(I)c(Cl)c2)o1. The lowest BCUT2D eigenvalue weighted by Gasteiger charge is -2.01. The smallest absolute Gasteiger partial charge is 0.196 e. The number of benzene rings is 1. The second-order valence-corrected chi connectivity index (χ2v) is 5.81. The average molecular weight is 407 g/mol. The second-order valence-electron chi connectivity index (χ2n) is 4.24. The van der Waals surface area contributed by atoms with Crippen LogP contribution >= 0.6 is 34.2 Å². The molecular weight excluding hydrogens is 391 g/mol. The van der Waals surface area contributed by atoms with E-state index in [-0.39, 0.29) is 0 Å². The number of nitrogens with zero attached hydrogens (tertiary/aromatic N) is 1. The molecule has 0 aliphatic rings. The Morgan fingerprint density at radius 2 is 2.25 bits per heavy atom. The number of hydrogen-bond acceptors (Lipinski definition) is 4. The molecule has 2 aromatic rings. The highest BCUT2D eigenvalue weighted by molar-refractivity contribution is 14.1. The van der Waals surface area contributed by atoms with Crippen molar-refractivity contribution in [1.82, 2.24) is 10.3 Å². The number of hydrogen-bond donors (Lipinski definition) is 1. The Hall–Kier alpha value is -0.630. The summed E-state index contributed by atoms with van der Waals surface area (Å²) in [5.41, 5.74) is 0.946. The van der Waals surface area contributed by atoms with E-state index in [1.165, 1.54) is 0 Å². The molecule has 0 aliphatic heterocycles. The molecule has 0 amide bonds. The van der Waals surface area contributed by atoms with Crippen molar-refractivity contribution < 1.29 is 9.15 Å². The molecule has 4 nitrogen and oxygen atoms in total. The molecule has 0 spiro atoms. The molecule has 0 saturated heterocycles. The van der Waals surface area contributed by atoms with Gasteiger partial charge in [-0.3, -0.25) is 0 Å². The maximum absolute atomic E-state index is 6.11. The van der Waals surface area contributed by atoms with E-state index in [4.69, 9.17) is 20.8 Å². The minimum Gasteiger partial charge on any atom is -0.441 e. The molecule has 0 saturated carbocycles. The first kappa shape index (κ1) is 15.8. The highest BCUT2D eigenvalue weighted by Crippen LogP contribution is 2.27. The number of nitrogens with one attached hydrogen (secondary N) is 1. The van der Waals surface area contributed by atoms with Gasteiger partial charge in [0.25, 0.3) is 0 Å². The van der Waals surface area contributed by atoms with Crippen LogP contribution in [0.1, 0.15) is 5.89 Å². The molecule has 0 atom stereocenters. The predicted octanol–water partition coefficient (Wildman–Crippen LogP) is 3.38. The van der Waals surface area contributed by atoms with E-state index < -0.39 is 0 Å². The molecule has 1 aromatic carbocycles. The molecule has 2 rings (SSSR count). The zero-order chi connectivity index (χ0) is 14.4. The summed E-state index contributed by atoms with van der Waals surface area (Å²) < 4.78 is 11.7. The zero-order valence-corrected chi connectivity index (χ0v) is 14.1. The van der Waals surface area contributed by atoms with Crippen molar-refractivity contribution in [2.75, 3.05) is 26.8 Å². The lowest BCUT2D eigenvalue weighted by molar-refractivity contribution is 0.199. The van der Waals surface area contributed by atoms with Gasteiger partial charge in [-0.15, -0.1) is 0 Å². The highest BCUT2D eigenvalue weighted by atomic mass is 127. The van der Waals surface area contributed by atoms with Gasteiger partial charge in [-0.05, 0) is 34.7 Å². The summed E-state index contributed by atoms with van der Waals surface area (Å²) in [6, 6.07) is 5.84. The van der Waals surface area contributed by atoms with Gasteiger partial charge in [0.1, 0.15) is 0 Å². The minimum absolute atomic E-state index is 0.706. The van der Waals surface area contributed by atoms with Crippen LogP contribution in [0.2, 0.25) is 5.02 Å². The molecule has 1 N–H and O–H groups in total. The number of ether oxygens (including phenoxy) is 1. The summed E-state index contributed by atoms with van der Waals surface area (Å²) in [6.45, 7) is 2.35. The van der Waals surface area contributed by atoms with Crippen LogP contribution < -0.4 is 5.32 Å². The number of rotatable bonds is 7. The van der Waals surface area contributed by atoms with E-state index in [1.807, 2.05) is 18.2 Å². The van der Waals surface area contributed by atoms with Gasteiger partial charge < -0.3 is 14.5 Å². The predicted molar refractivity (Wildman–Crippen MR) is 88.1 cm³/mol. The molecule has 108 valence electrons. The van der Waals surface area contributed by atoms with E-state index in [2.05, 4.69) is 32.9 Å². The summed E-state index contributed by atoms with van der Waals surface area (Å²) in [4.78, 5) is 4.28. The first-order chi connectivity index (χ1) is 9.70. The number of halogens is 2. The van der Waals surface area contributed by atoms with Crippen LogP contribution in [0.3, 0.4) is 0 Å². The second kappa shape index (κ2) is 7.97. The third kappa shape index (κ3) is 4.44. The molecule has 0 radical (unpaired) electrons. The highest BCUT2D eigenvalue weighted by Gasteiger charge is 2.08. The molecule has 0 fully saturated rings. The van der Waals surface area contributed by atoms with E-state index in [0.29, 0.717) is 6.61 Å². The summed E-state index contributed by atoms with van der Waals surface area (Å²) in [6.07, 6.45) is 2.49. The third-order valence-corrected chi connectivity index (χ3v) is 4.33. The van der Waals surface area contributed by atoms with E-state index in [9.17, 15) is 0 Å². The average Bonchev–Trinajstić information content (AvgIpc) is 2.90. The molecule has 0 unspecified atom stereocenters. The minimum atomic E-state index is 0.706. The lowest BCUT2D eigenvalue weighted by atomic mass is 10.2. The number of aromatic nitrogens is 1. The molecule has 0 bridgehead atoms. The summed E-state index contributed by atoms with van der Waals surface area (Å²) in [7, 11) is 1.69. The van der Waals surface area contributed by atoms with Crippen LogP contribution in [0.4, 0.5) is 0 Å². The molecular formula is C14H16ClIN2O2. The number of methoxy groups -OCH3 is 1. The maximum atomic E-state index is 6.11. The van der Waals surface area contributed by atoms with Crippen LogP contribution in [0.5, 0.6) is 0 Å². The van der Waals surface area contributed by atoms with Crippen molar-refractivity contribution in [2.45, 2.75) is 6.42 Å². The quantitative estimate of drug-likeness (QED) is 0.566. The Labute approximate surface area is 137 Å². The largest absolute Gasteiger partial charge is 0.441 e. The first-order valence-corrected chi connectivity index (χ1v) is 7.76. The summed E-state index contributed by atoms with van der Waals surface area (Å²) in [5.74, 6) is 1.47. The van der Waals surface area contributed by atoms with Crippen LogP contribution in [-0.2, 0) is 11.2 Å². The van der Waals surface area contributed by atoms with Gasteiger partial charge in [-0.2, -0.15) is 0 Å². The van der Waals surface area contributed by atoms with Crippen molar-refractivity contribution in [3.63, 3.8) is 0 Å². The van der Waals surface area contributed by atoms with Crippen molar-refractivity contribution in [2.24, 2.45) is 0 Å². The Morgan fingerprint density at radius 3 is 3.00 bits per heavy atom. The van der Waals surface area contributed by atoms with Gasteiger partial charge in [0.05, 0.1) is 17.8 Å². The van der Waals surface area contributed by atoms with Gasteiger partial charge >= 0.3 is 0 Å². The summed E-state index contributed by atoms with van der Waals surface area (Å²) in [5, 5.41) is 3.98. The fourth-order valence-electron chi connectivity index (χ4n) is 1.70. The fourth-order valence-corrected chi connectivity index (χ4v) is 2.22. The monoisotopic (exact) mass is 406 g/mol. The summed E-state index contributed by atoms with van der Waals surface area (Å²) >= 11 is 8.31. The van der Waals surface area contributed by atoms with E-state index >= 15 is 0 Å². The van der Waals surface area contributed by atoms with Gasteiger partial charge in [-0.1, -0.05) is 17.7 Å². The maximum Gasteiger partial charge on any atom is 0.196 e. The molecule has 0 aliphatic carbocycles. The van der Waals surface area contributed by atoms with E-state index in [0.717, 1.165) is 45.3 Å². The Bertz CT molecular complexity index is 560. The van der Waals surface area contributed by atoms with Crippen LogP contribution in [-0.4, -0.2) is 31.8 Å². The lowest BCUT2D eigenvalue weighted by Crippen LogP contribution is -2.21. The van der Waals surface area contributed by atoms with Crippen LogP contribution in [0, 0.1) is 3.57 Å². The fraction of sp³-hybridized carbons (Fsp3) is 0.357. The Morgan fingerprint density at radius 1 is 1.40 bits per heavy atom. The molecule has 1 aromatic heterocycles. The normalized spacial score (nSPS) is 10.9. The van der Waals surface area contributed by atoms with Crippen LogP contribution in [0.25, 0.3) is 11.3 Å². The third-order valence-electron chi connectivity index (χ3n) is 2.76. The topological polar surface area (TPSA) is 47.3 Å².